The van der Waals surface area contributed by atoms with Gasteiger partial charge < -0.3 is 5.11 Å². The van der Waals surface area contributed by atoms with E-state index < -0.39 is 5.97 Å². The minimum atomic E-state index is -0.723. The van der Waals surface area contributed by atoms with Crippen LogP contribution >= 0.6 is 31.9 Å². The molecule has 1 aliphatic heterocycles. The van der Waals surface area contributed by atoms with E-state index in [4.69, 9.17) is 5.11 Å². The Kier molecular flexibility index (Phi) is 8.93. The van der Waals surface area contributed by atoms with Crippen molar-refractivity contribution in [3.63, 3.8) is 0 Å². The van der Waals surface area contributed by atoms with Gasteiger partial charge in [-0.15, -0.1) is 0 Å². The number of carboxylic acid groups (broad SMARTS) is 1. The van der Waals surface area contributed by atoms with Crippen LogP contribution in [0.3, 0.4) is 0 Å². The molecule has 1 heterocycles. The van der Waals surface area contributed by atoms with Gasteiger partial charge in [-0.1, -0.05) is 38.5 Å². The molecule has 0 aliphatic carbocycles. The summed E-state index contributed by atoms with van der Waals surface area (Å²) >= 11 is 6.21. The third-order valence-corrected chi connectivity index (χ3v) is 5.58. The summed E-state index contributed by atoms with van der Waals surface area (Å²) in [5.74, 6) is -1.26. The quantitative estimate of drug-likeness (QED) is 0.391. The van der Waals surface area contributed by atoms with Crippen molar-refractivity contribution in [2.45, 2.75) is 57.8 Å². The number of hydrogen-bond acceptors (Lipinski definition) is 3. The predicted molar refractivity (Wildman–Crippen MR) is 90.8 cm³/mol. The molecule has 0 fully saturated rings. The van der Waals surface area contributed by atoms with Crippen LogP contribution in [-0.2, 0) is 14.4 Å². The highest BCUT2D eigenvalue weighted by Gasteiger charge is 2.35. The summed E-state index contributed by atoms with van der Waals surface area (Å²) < 4.78 is 0.609. The maximum Gasteiger partial charge on any atom is 0.303 e. The molecule has 1 N–H and O–H groups in total. The summed E-state index contributed by atoms with van der Waals surface area (Å²) in [6.45, 7) is 0.459. The van der Waals surface area contributed by atoms with Gasteiger partial charge in [0.1, 0.15) is 8.96 Å². The summed E-state index contributed by atoms with van der Waals surface area (Å²) in [6, 6.07) is 0. The van der Waals surface area contributed by atoms with E-state index in [9.17, 15) is 14.4 Å². The average Bonchev–Trinajstić information content (AvgIpc) is 2.66. The lowest BCUT2D eigenvalue weighted by molar-refractivity contribution is -0.138. The van der Waals surface area contributed by atoms with E-state index in [1.54, 1.807) is 0 Å². The molecule has 1 rings (SSSR count). The van der Waals surface area contributed by atoms with Crippen LogP contribution in [0.15, 0.2) is 8.96 Å². The third kappa shape index (κ3) is 6.20. The van der Waals surface area contributed by atoms with Crippen molar-refractivity contribution >= 4 is 49.6 Å². The van der Waals surface area contributed by atoms with Crippen LogP contribution in [0.2, 0.25) is 0 Å². The molecule has 0 saturated heterocycles. The molecule has 0 aromatic carbocycles. The first kappa shape index (κ1) is 19.4. The zero-order valence-electron chi connectivity index (χ0n) is 12.4. The molecule has 0 radical (unpaired) electrons. The number of carbonyl (C=O) groups excluding carboxylic acids is 2. The van der Waals surface area contributed by atoms with E-state index in [0.717, 1.165) is 51.4 Å². The fraction of sp³-hybridized carbons (Fsp3) is 0.667. The second-order valence-corrected chi connectivity index (χ2v) is 6.95. The Balaban J connectivity index is 2.00. The predicted octanol–water partition coefficient (Wildman–Crippen LogP) is 3.95. The first-order valence-corrected chi connectivity index (χ1v) is 9.17. The Morgan fingerprint density at radius 3 is 1.68 bits per heavy atom. The second kappa shape index (κ2) is 10.2. The molecule has 22 heavy (non-hydrogen) atoms. The number of unbranched alkanes of at least 4 members (excludes halogenated alkanes) is 7. The Bertz CT molecular complexity index is 438. The van der Waals surface area contributed by atoms with Crippen molar-refractivity contribution < 1.29 is 19.5 Å². The van der Waals surface area contributed by atoms with Crippen LogP contribution in [0.4, 0.5) is 0 Å². The average molecular weight is 439 g/mol. The highest BCUT2D eigenvalue weighted by atomic mass is 79.9. The molecule has 0 bridgehead atoms. The van der Waals surface area contributed by atoms with Crippen molar-refractivity contribution in [3.05, 3.63) is 8.96 Å². The highest BCUT2D eigenvalue weighted by molar-refractivity contribution is 9.14. The van der Waals surface area contributed by atoms with E-state index in [-0.39, 0.29) is 18.2 Å². The van der Waals surface area contributed by atoms with Crippen LogP contribution < -0.4 is 0 Å². The highest BCUT2D eigenvalue weighted by Crippen LogP contribution is 2.29. The zero-order valence-corrected chi connectivity index (χ0v) is 15.6. The number of hydrogen-bond donors (Lipinski definition) is 1. The summed E-state index contributed by atoms with van der Waals surface area (Å²) in [4.78, 5) is 35.1. The van der Waals surface area contributed by atoms with E-state index in [1.165, 1.54) is 4.90 Å². The molecular formula is C15H21Br2NO4. The van der Waals surface area contributed by atoms with Gasteiger partial charge in [0.15, 0.2) is 0 Å². The lowest BCUT2D eigenvalue weighted by Crippen LogP contribution is -2.32. The molecule has 124 valence electrons. The molecule has 0 atom stereocenters. The smallest absolute Gasteiger partial charge is 0.303 e. The van der Waals surface area contributed by atoms with Gasteiger partial charge in [-0.2, -0.15) is 0 Å². The van der Waals surface area contributed by atoms with E-state index in [0.29, 0.717) is 15.5 Å². The Morgan fingerprint density at radius 1 is 0.818 bits per heavy atom. The molecule has 7 heteroatoms. The topological polar surface area (TPSA) is 74.7 Å². The first-order chi connectivity index (χ1) is 10.4. The molecular weight excluding hydrogens is 418 g/mol. The van der Waals surface area contributed by atoms with Crippen LogP contribution in [0, 0.1) is 0 Å². The number of rotatable bonds is 11. The van der Waals surface area contributed by atoms with E-state index >= 15 is 0 Å². The SMILES string of the molecule is O=C(O)CCCCCCCCCCN1C(=O)C(Br)=C(Br)C1=O. The minimum absolute atomic E-state index is 0.261. The first-order valence-electron chi connectivity index (χ1n) is 7.58. The lowest BCUT2D eigenvalue weighted by Gasteiger charge is -2.13. The summed E-state index contributed by atoms with van der Waals surface area (Å²) in [6.07, 6.45) is 8.16. The number of amides is 2. The van der Waals surface area contributed by atoms with Gasteiger partial charge in [0, 0.05) is 13.0 Å². The normalized spacial score (nSPS) is 15.1. The molecule has 5 nitrogen and oxygen atoms in total. The van der Waals surface area contributed by atoms with Gasteiger partial charge in [0.2, 0.25) is 0 Å². The number of halogens is 2. The second-order valence-electron chi connectivity index (χ2n) is 5.36. The van der Waals surface area contributed by atoms with Crippen molar-refractivity contribution in [1.82, 2.24) is 4.90 Å². The third-order valence-electron chi connectivity index (χ3n) is 3.58. The summed E-state index contributed by atoms with van der Waals surface area (Å²) in [7, 11) is 0. The maximum atomic E-state index is 11.8. The number of aliphatic carboxylic acids is 1. The standard InChI is InChI=1S/C15H21Br2NO4/c16-12-13(17)15(22)18(14(12)21)10-8-6-4-2-1-3-5-7-9-11(19)20/h1-10H2,(H,19,20). The molecule has 1 aliphatic rings. The van der Waals surface area contributed by atoms with Crippen LogP contribution in [0.1, 0.15) is 57.8 Å². The maximum absolute atomic E-state index is 11.8. The Morgan fingerprint density at radius 2 is 1.23 bits per heavy atom. The van der Waals surface area contributed by atoms with Crippen molar-refractivity contribution in [2.75, 3.05) is 6.54 Å². The zero-order chi connectivity index (χ0) is 16.5. The molecule has 0 unspecified atom stereocenters. The number of carbonyl (C=O) groups is 3. The molecule has 0 saturated carbocycles. The van der Waals surface area contributed by atoms with E-state index in [1.807, 2.05) is 0 Å². The van der Waals surface area contributed by atoms with Gasteiger partial charge in [-0.3, -0.25) is 19.3 Å². The van der Waals surface area contributed by atoms with Gasteiger partial charge in [-0.25, -0.2) is 0 Å². The number of imide groups is 1. The minimum Gasteiger partial charge on any atom is -0.481 e. The van der Waals surface area contributed by atoms with E-state index in [2.05, 4.69) is 31.9 Å². The van der Waals surface area contributed by atoms with Crippen LogP contribution in [0.5, 0.6) is 0 Å². The van der Waals surface area contributed by atoms with Crippen LogP contribution in [0.25, 0.3) is 0 Å². The Labute approximate surface area is 147 Å². The van der Waals surface area contributed by atoms with Gasteiger partial charge in [0.25, 0.3) is 11.8 Å². The number of nitrogens with zero attached hydrogens (tertiary/aromatic N) is 1. The van der Waals surface area contributed by atoms with Gasteiger partial charge in [0.05, 0.1) is 0 Å². The monoisotopic (exact) mass is 437 g/mol. The van der Waals surface area contributed by atoms with Crippen molar-refractivity contribution in [1.29, 1.82) is 0 Å². The van der Waals surface area contributed by atoms with Crippen molar-refractivity contribution in [3.8, 4) is 0 Å². The van der Waals surface area contributed by atoms with Gasteiger partial charge >= 0.3 is 5.97 Å². The Hall–Kier alpha value is -0.690. The molecule has 0 spiro atoms. The number of carboxylic acids is 1. The molecule has 0 aromatic heterocycles. The van der Waals surface area contributed by atoms with Crippen LogP contribution in [-0.4, -0.2) is 34.3 Å². The molecule has 0 aromatic rings. The fourth-order valence-electron chi connectivity index (χ4n) is 2.33. The van der Waals surface area contributed by atoms with Crippen molar-refractivity contribution in [2.24, 2.45) is 0 Å². The molecule has 2 amide bonds. The largest absolute Gasteiger partial charge is 0.481 e. The lowest BCUT2D eigenvalue weighted by atomic mass is 10.1. The van der Waals surface area contributed by atoms with Gasteiger partial charge in [-0.05, 0) is 44.7 Å². The summed E-state index contributed by atoms with van der Waals surface area (Å²) in [5.41, 5.74) is 0. The fourth-order valence-corrected chi connectivity index (χ4v) is 3.09. The summed E-state index contributed by atoms with van der Waals surface area (Å²) in [5, 5.41) is 8.51.